The molecule has 0 aromatic heterocycles. The van der Waals surface area contributed by atoms with Crippen LogP contribution in [0.25, 0.3) is 0 Å². The number of nitrogens with one attached hydrogen (secondary N) is 2. The van der Waals surface area contributed by atoms with Crippen LogP contribution in [0.4, 0.5) is 23.7 Å². The third kappa shape index (κ3) is 4.78. The van der Waals surface area contributed by atoms with E-state index < -0.39 is 11.7 Å². The summed E-state index contributed by atoms with van der Waals surface area (Å²) in [6, 6.07) is 3.96. The van der Waals surface area contributed by atoms with Gasteiger partial charge in [0.05, 0.1) is 5.56 Å². The summed E-state index contributed by atoms with van der Waals surface area (Å²) < 4.78 is 37.0. The van der Waals surface area contributed by atoms with Gasteiger partial charge in [0.25, 0.3) is 0 Å². The molecule has 1 aromatic rings. The number of benzene rings is 1. The average molecular weight is 275 g/mol. The van der Waals surface area contributed by atoms with E-state index in [1.54, 1.807) is 14.1 Å². The van der Waals surface area contributed by atoms with Crippen molar-refractivity contribution >= 4 is 11.7 Å². The second-order valence-electron chi connectivity index (χ2n) is 4.03. The Balaban J connectivity index is 2.60. The van der Waals surface area contributed by atoms with Crippen LogP contribution in [0.3, 0.4) is 0 Å². The summed E-state index contributed by atoms with van der Waals surface area (Å²) >= 11 is 0. The number of carbonyl (C=O) groups excluding carboxylic acids is 1. The molecule has 0 aliphatic rings. The quantitative estimate of drug-likeness (QED) is 0.886. The number of carbonyl (C=O) groups is 1. The molecule has 2 amide bonds. The smallest absolute Gasteiger partial charge is 0.326 e. The summed E-state index contributed by atoms with van der Waals surface area (Å²) in [5, 5.41) is 5.42. The Morgan fingerprint density at radius 2 is 1.84 bits per heavy atom. The van der Waals surface area contributed by atoms with Crippen molar-refractivity contribution in [2.45, 2.75) is 6.18 Å². The Bertz CT molecular complexity index is 417. The van der Waals surface area contributed by atoms with E-state index in [1.807, 2.05) is 0 Å². The number of anilines is 1. The molecular formula is C12H16F3N3O. The number of likely N-dealkylation sites (N-methyl/N-ethyl adjacent to an activating group) is 2. The van der Waals surface area contributed by atoms with Gasteiger partial charge in [-0.25, -0.2) is 4.79 Å². The molecule has 7 heteroatoms. The Kier molecular flexibility index (Phi) is 5.17. The molecule has 0 radical (unpaired) electrons. The molecule has 0 saturated heterocycles. The zero-order valence-corrected chi connectivity index (χ0v) is 10.7. The number of nitrogens with zero attached hydrogens (tertiary/aromatic N) is 1. The highest BCUT2D eigenvalue weighted by molar-refractivity contribution is 5.89. The standard InChI is InChI=1S/C12H16F3N3O/c1-16-7-8-18(2)11(19)17-10-5-3-9(4-6-10)12(13,14)15/h3-6,16H,7-8H2,1-2H3,(H,17,19). The van der Waals surface area contributed by atoms with Crippen molar-refractivity contribution in [2.24, 2.45) is 0 Å². The van der Waals surface area contributed by atoms with Gasteiger partial charge in [0.1, 0.15) is 0 Å². The zero-order chi connectivity index (χ0) is 14.5. The lowest BCUT2D eigenvalue weighted by molar-refractivity contribution is -0.137. The van der Waals surface area contributed by atoms with Crippen molar-refractivity contribution in [3.8, 4) is 0 Å². The fourth-order valence-electron chi connectivity index (χ4n) is 1.34. The first-order valence-electron chi connectivity index (χ1n) is 5.68. The van der Waals surface area contributed by atoms with Crippen LogP contribution in [0, 0.1) is 0 Å². The van der Waals surface area contributed by atoms with E-state index in [4.69, 9.17) is 0 Å². The summed E-state index contributed by atoms with van der Waals surface area (Å²) in [5.74, 6) is 0. The highest BCUT2D eigenvalue weighted by atomic mass is 19.4. The number of hydrogen-bond donors (Lipinski definition) is 2. The number of halogens is 3. The molecule has 0 bridgehead atoms. The topological polar surface area (TPSA) is 44.4 Å². The molecule has 0 heterocycles. The summed E-state index contributed by atoms with van der Waals surface area (Å²) in [6.07, 6.45) is -4.37. The maximum Gasteiger partial charge on any atom is 0.416 e. The maximum atomic E-state index is 12.3. The van der Waals surface area contributed by atoms with Crippen molar-refractivity contribution in [3.63, 3.8) is 0 Å². The highest BCUT2D eigenvalue weighted by Crippen LogP contribution is 2.29. The van der Waals surface area contributed by atoms with Gasteiger partial charge in [0.2, 0.25) is 0 Å². The fourth-order valence-corrected chi connectivity index (χ4v) is 1.34. The largest absolute Gasteiger partial charge is 0.416 e. The summed E-state index contributed by atoms with van der Waals surface area (Å²) in [6.45, 7) is 1.14. The van der Waals surface area contributed by atoms with Crippen LogP contribution in [-0.4, -0.2) is 38.1 Å². The minimum absolute atomic E-state index is 0.328. The normalized spacial score (nSPS) is 11.2. The van der Waals surface area contributed by atoms with Crippen LogP contribution in [0.2, 0.25) is 0 Å². The van der Waals surface area contributed by atoms with Gasteiger partial charge in [-0.1, -0.05) is 0 Å². The number of alkyl halides is 3. The van der Waals surface area contributed by atoms with E-state index in [0.717, 1.165) is 12.1 Å². The molecule has 0 fully saturated rings. The lowest BCUT2D eigenvalue weighted by Gasteiger charge is -2.17. The lowest BCUT2D eigenvalue weighted by Crippen LogP contribution is -2.35. The minimum atomic E-state index is -4.37. The van der Waals surface area contributed by atoms with Crippen LogP contribution in [0.5, 0.6) is 0 Å². The van der Waals surface area contributed by atoms with Gasteiger partial charge in [-0.05, 0) is 31.3 Å². The van der Waals surface area contributed by atoms with Crippen LogP contribution in [-0.2, 0) is 6.18 Å². The SMILES string of the molecule is CNCCN(C)C(=O)Nc1ccc(C(F)(F)F)cc1. The van der Waals surface area contributed by atoms with E-state index >= 15 is 0 Å². The van der Waals surface area contributed by atoms with Crippen LogP contribution < -0.4 is 10.6 Å². The molecule has 1 aromatic carbocycles. The van der Waals surface area contributed by atoms with Crippen molar-refractivity contribution in [2.75, 3.05) is 32.5 Å². The molecule has 19 heavy (non-hydrogen) atoms. The molecule has 0 spiro atoms. The van der Waals surface area contributed by atoms with Crippen LogP contribution >= 0.6 is 0 Å². The Morgan fingerprint density at radius 1 is 1.26 bits per heavy atom. The molecule has 4 nitrogen and oxygen atoms in total. The molecule has 0 aliphatic heterocycles. The fraction of sp³-hybridized carbons (Fsp3) is 0.417. The number of amides is 2. The summed E-state index contributed by atoms with van der Waals surface area (Å²) in [7, 11) is 3.37. The van der Waals surface area contributed by atoms with Crippen LogP contribution in [0.15, 0.2) is 24.3 Å². The molecule has 2 N–H and O–H groups in total. The molecule has 0 aliphatic carbocycles. The van der Waals surface area contributed by atoms with E-state index in [0.29, 0.717) is 18.8 Å². The van der Waals surface area contributed by atoms with E-state index in [1.165, 1.54) is 17.0 Å². The summed E-state index contributed by atoms with van der Waals surface area (Å²) in [4.78, 5) is 13.1. The van der Waals surface area contributed by atoms with Crippen molar-refractivity contribution in [1.29, 1.82) is 0 Å². The molecule has 0 atom stereocenters. The van der Waals surface area contributed by atoms with Gasteiger partial charge >= 0.3 is 12.2 Å². The van der Waals surface area contributed by atoms with Crippen molar-refractivity contribution in [1.82, 2.24) is 10.2 Å². The molecule has 1 rings (SSSR count). The number of urea groups is 1. The van der Waals surface area contributed by atoms with Gasteiger partial charge in [0.15, 0.2) is 0 Å². The molecule has 0 unspecified atom stereocenters. The van der Waals surface area contributed by atoms with Crippen molar-refractivity contribution < 1.29 is 18.0 Å². The monoisotopic (exact) mass is 275 g/mol. The third-order valence-corrected chi connectivity index (χ3v) is 2.51. The summed E-state index contributed by atoms with van der Waals surface area (Å²) in [5.41, 5.74) is -0.414. The van der Waals surface area contributed by atoms with Crippen molar-refractivity contribution in [3.05, 3.63) is 29.8 Å². The van der Waals surface area contributed by atoms with E-state index in [2.05, 4.69) is 10.6 Å². The Labute approximate surface area is 109 Å². The van der Waals surface area contributed by atoms with Gasteiger partial charge in [-0.2, -0.15) is 13.2 Å². The third-order valence-electron chi connectivity index (χ3n) is 2.51. The minimum Gasteiger partial charge on any atom is -0.326 e. The first kappa shape index (κ1) is 15.3. The lowest BCUT2D eigenvalue weighted by atomic mass is 10.2. The van der Waals surface area contributed by atoms with Crippen LogP contribution in [0.1, 0.15) is 5.56 Å². The molecular weight excluding hydrogens is 259 g/mol. The predicted octanol–water partition coefficient (Wildman–Crippen LogP) is 2.39. The maximum absolute atomic E-state index is 12.3. The first-order valence-corrected chi connectivity index (χ1v) is 5.68. The average Bonchev–Trinajstić information content (AvgIpc) is 2.35. The second-order valence-corrected chi connectivity index (χ2v) is 4.03. The number of hydrogen-bond acceptors (Lipinski definition) is 2. The zero-order valence-electron chi connectivity index (χ0n) is 10.7. The number of rotatable bonds is 4. The molecule has 106 valence electrons. The Hall–Kier alpha value is -1.76. The van der Waals surface area contributed by atoms with Gasteiger partial charge in [0, 0.05) is 25.8 Å². The first-order chi connectivity index (χ1) is 8.84. The van der Waals surface area contributed by atoms with E-state index in [-0.39, 0.29) is 6.03 Å². The van der Waals surface area contributed by atoms with E-state index in [9.17, 15) is 18.0 Å². The second kappa shape index (κ2) is 6.42. The van der Waals surface area contributed by atoms with Gasteiger partial charge in [-0.3, -0.25) is 0 Å². The molecule has 0 saturated carbocycles. The van der Waals surface area contributed by atoms with Gasteiger partial charge in [-0.15, -0.1) is 0 Å². The Morgan fingerprint density at radius 3 is 2.32 bits per heavy atom. The highest BCUT2D eigenvalue weighted by Gasteiger charge is 2.29. The van der Waals surface area contributed by atoms with Gasteiger partial charge < -0.3 is 15.5 Å². The predicted molar refractivity (Wildman–Crippen MR) is 67.0 cm³/mol.